The molecule has 5 N–H and O–H groups in total. The molecule has 186 valence electrons. The lowest BCUT2D eigenvalue weighted by atomic mass is 9.93. The van der Waals surface area contributed by atoms with Crippen molar-refractivity contribution in [1.82, 2.24) is 10.6 Å². The van der Waals surface area contributed by atoms with Crippen LogP contribution in [0.5, 0.6) is 11.5 Å². The number of carbonyl (C=O) groups is 1. The Morgan fingerprint density at radius 3 is 2.20 bits per heavy atom. The first-order valence-corrected chi connectivity index (χ1v) is 12.0. The summed E-state index contributed by atoms with van der Waals surface area (Å²) in [4.78, 5) is 12.5. The molecular weight excluding hydrogens is 487 g/mol. The van der Waals surface area contributed by atoms with E-state index in [1.54, 1.807) is 18.2 Å². The molecule has 35 heavy (non-hydrogen) atoms. The number of phenolic OH excluding ortho intramolecular Hbond substituents is 2. The summed E-state index contributed by atoms with van der Waals surface area (Å²) in [5, 5.41) is 37.0. The molecule has 0 heterocycles. The van der Waals surface area contributed by atoms with Crippen molar-refractivity contribution in [3.05, 3.63) is 93.0 Å². The first-order chi connectivity index (χ1) is 16.5. The smallest absolute Gasteiger partial charge is 0.224 e. The largest absolute Gasteiger partial charge is 0.508 e. The third-order valence-electron chi connectivity index (χ3n) is 5.50. The summed E-state index contributed by atoms with van der Waals surface area (Å²) in [7, 11) is 0. The lowest BCUT2D eigenvalue weighted by Crippen LogP contribution is -2.43. The molecule has 3 aromatic carbocycles. The lowest BCUT2D eigenvalue weighted by molar-refractivity contribution is -0.120. The molecule has 1 atom stereocenters. The van der Waals surface area contributed by atoms with Crippen LogP contribution in [0.4, 0.5) is 0 Å². The fourth-order valence-corrected chi connectivity index (χ4v) is 4.46. The number of amides is 1. The number of aromatic hydroxyl groups is 2. The minimum atomic E-state index is -0.892. The van der Waals surface area contributed by atoms with Crippen molar-refractivity contribution in [2.75, 3.05) is 6.54 Å². The molecule has 0 radical (unpaired) electrons. The van der Waals surface area contributed by atoms with E-state index in [9.17, 15) is 20.1 Å². The van der Waals surface area contributed by atoms with E-state index in [2.05, 4.69) is 10.6 Å². The molecule has 6 nitrogen and oxygen atoms in total. The van der Waals surface area contributed by atoms with Crippen LogP contribution in [0.3, 0.4) is 0 Å². The number of aliphatic hydroxyl groups is 1. The van der Waals surface area contributed by atoms with Crippen LogP contribution in [0.25, 0.3) is 0 Å². The molecule has 3 aromatic rings. The van der Waals surface area contributed by atoms with Crippen LogP contribution in [-0.4, -0.2) is 33.3 Å². The number of β-amino-alcohol motifs (C(OH)–C–C–N with tert-alkyl or cyclic N) is 1. The van der Waals surface area contributed by atoms with E-state index in [4.69, 9.17) is 23.2 Å². The predicted molar refractivity (Wildman–Crippen MR) is 139 cm³/mol. The standard InChI is InChI=1S/C27H30Cl2N2O4/c1-27(2,31-16-25(34)20-10-23(32)13-24(33)11-20)14-18-5-3-4-17(6-18)9-26(35)30-15-19-7-21(28)12-22(29)8-19/h3-8,10-13,25,31-34H,9,14-16H2,1-2H3,(H,30,35)/t25-/m0/s1. The lowest BCUT2D eigenvalue weighted by Gasteiger charge is -2.28. The molecule has 1 amide bonds. The summed E-state index contributed by atoms with van der Waals surface area (Å²) in [5.74, 6) is -0.306. The van der Waals surface area contributed by atoms with E-state index in [0.29, 0.717) is 28.6 Å². The topological polar surface area (TPSA) is 102 Å². The van der Waals surface area contributed by atoms with Gasteiger partial charge in [-0.05, 0) is 72.9 Å². The van der Waals surface area contributed by atoms with E-state index >= 15 is 0 Å². The van der Waals surface area contributed by atoms with Crippen LogP contribution >= 0.6 is 23.2 Å². The van der Waals surface area contributed by atoms with Crippen LogP contribution in [0.15, 0.2) is 60.7 Å². The minimum Gasteiger partial charge on any atom is -0.508 e. The van der Waals surface area contributed by atoms with Crippen LogP contribution in [0.1, 0.15) is 42.2 Å². The molecule has 0 saturated heterocycles. The van der Waals surface area contributed by atoms with Crippen LogP contribution in [-0.2, 0) is 24.2 Å². The van der Waals surface area contributed by atoms with Gasteiger partial charge in [0.25, 0.3) is 0 Å². The number of hydrogen-bond donors (Lipinski definition) is 5. The highest BCUT2D eigenvalue weighted by Crippen LogP contribution is 2.25. The predicted octanol–water partition coefficient (Wildman–Crippen LogP) is 4.91. The Balaban J connectivity index is 1.53. The molecule has 0 aromatic heterocycles. The van der Waals surface area contributed by atoms with Gasteiger partial charge in [0.2, 0.25) is 5.91 Å². The van der Waals surface area contributed by atoms with E-state index in [1.165, 1.54) is 18.2 Å². The Morgan fingerprint density at radius 2 is 1.54 bits per heavy atom. The number of nitrogens with one attached hydrogen (secondary N) is 2. The van der Waals surface area contributed by atoms with Gasteiger partial charge in [0, 0.05) is 34.7 Å². The Labute approximate surface area is 215 Å². The van der Waals surface area contributed by atoms with Gasteiger partial charge in [0.05, 0.1) is 12.5 Å². The zero-order valence-electron chi connectivity index (χ0n) is 19.7. The highest BCUT2D eigenvalue weighted by Gasteiger charge is 2.20. The molecule has 0 fully saturated rings. The average Bonchev–Trinajstić information content (AvgIpc) is 2.75. The third kappa shape index (κ3) is 8.75. The maximum atomic E-state index is 12.5. The number of carbonyl (C=O) groups excluding carboxylic acids is 1. The Morgan fingerprint density at radius 1 is 0.914 bits per heavy atom. The van der Waals surface area contributed by atoms with Gasteiger partial charge in [-0.1, -0.05) is 47.5 Å². The normalized spacial score (nSPS) is 12.4. The Bertz CT molecular complexity index is 1140. The van der Waals surface area contributed by atoms with Crippen LogP contribution in [0.2, 0.25) is 10.0 Å². The summed E-state index contributed by atoms with van der Waals surface area (Å²) < 4.78 is 0. The van der Waals surface area contributed by atoms with Gasteiger partial charge in [-0.3, -0.25) is 4.79 Å². The summed E-state index contributed by atoms with van der Waals surface area (Å²) in [5.41, 5.74) is 2.86. The maximum absolute atomic E-state index is 12.5. The van der Waals surface area contributed by atoms with Gasteiger partial charge in [-0.25, -0.2) is 0 Å². The van der Waals surface area contributed by atoms with Crippen molar-refractivity contribution in [1.29, 1.82) is 0 Å². The van der Waals surface area contributed by atoms with E-state index in [0.717, 1.165) is 16.7 Å². The Hall–Kier alpha value is -2.77. The van der Waals surface area contributed by atoms with Gasteiger partial charge >= 0.3 is 0 Å². The number of benzene rings is 3. The van der Waals surface area contributed by atoms with E-state index < -0.39 is 6.10 Å². The number of rotatable bonds is 10. The number of aliphatic hydroxyl groups excluding tert-OH is 1. The van der Waals surface area contributed by atoms with Gasteiger partial charge in [-0.15, -0.1) is 0 Å². The van der Waals surface area contributed by atoms with Gasteiger partial charge < -0.3 is 26.0 Å². The molecule has 0 saturated carbocycles. The molecule has 0 aliphatic heterocycles. The van der Waals surface area contributed by atoms with Crippen molar-refractivity contribution >= 4 is 29.1 Å². The fraction of sp³-hybridized carbons (Fsp3) is 0.296. The second kappa shape index (κ2) is 11.8. The highest BCUT2D eigenvalue weighted by atomic mass is 35.5. The molecule has 0 bridgehead atoms. The van der Waals surface area contributed by atoms with Crippen molar-refractivity contribution < 1.29 is 20.1 Å². The third-order valence-corrected chi connectivity index (χ3v) is 5.93. The quantitative estimate of drug-likeness (QED) is 0.263. The second-order valence-electron chi connectivity index (χ2n) is 9.29. The number of hydrogen-bond acceptors (Lipinski definition) is 5. The first-order valence-electron chi connectivity index (χ1n) is 11.2. The summed E-state index contributed by atoms with van der Waals surface area (Å²) in [6.07, 6.45) is 0.0219. The van der Waals surface area contributed by atoms with Crippen molar-refractivity contribution in [3.8, 4) is 11.5 Å². The fourth-order valence-electron chi connectivity index (χ4n) is 3.89. The highest BCUT2D eigenvalue weighted by molar-refractivity contribution is 6.34. The zero-order valence-corrected chi connectivity index (χ0v) is 21.2. The van der Waals surface area contributed by atoms with E-state index in [1.807, 2.05) is 38.1 Å². The maximum Gasteiger partial charge on any atom is 0.224 e. The summed E-state index contributed by atoms with van der Waals surface area (Å²) in [6, 6.07) is 17.1. The second-order valence-corrected chi connectivity index (χ2v) is 10.2. The van der Waals surface area contributed by atoms with Gasteiger partial charge in [0.15, 0.2) is 0 Å². The van der Waals surface area contributed by atoms with Crippen LogP contribution < -0.4 is 10.6 Å². The Kier molecular flexibility index (Phi) is 9.03. The molecule has 0 aliphatic carbocycles. The van der Waals surface area contributed by atoms with Gasteiger partial charge in [0.1, 0.15) is 11.5 Å². The molecule has 0 unspecified atom stereocenters. The minimum absolute atomic E-state index is 0.101. The molecule has 0 aliphatic rings. The molecular formula is C27H30Cl2N2O4. The van der Waals surface area contributed by atoms with Crippen LogP contribution in [0, 0.1) is 0 Å². The summed E-state index contributed by atoms with van der Waals surface area (Å²) in [6.45, 7) is 4.63. The van der Waals surface area contributed by atoms with Crippen molar-refractivity contribution in [2.24, 2.45) is 0 Å². The monoisotopic (exact) mass is 516 g/mol. The molecule has 8 heteroatoms. The molecule has 0 spiro atoms. The number of phenols is 2. The van der Waals surface area contributed by atoms with E-state index in [-0.39, 0.29) is 35.9 Å². The zero-order chi connectivity index (χ0) is 25.6. The summed E-state index contributed by atoms with van der Waals surface area (Å²) >= 11 is 12.0. The van der Waals surface area contributed by atoms with Crippen molar-refractivity contribution in [2.45, 2.75) is 44.9 Å². The molecule has 3 rings (SSSR count). The van der Waals surface area contributed by atoms with Gasteiger partial charge in [-0.2, -0.15) is 0 Å². The number of halogens is 2. The first kappa shape index (κ1) is 26.8. The van der Waals surface area contributed by atoms with Crippen molar-refractivity contribution in [3.63, 3.8) is 0 Å². The average molecular weight is 517 g/mol. The SMILES string of the molecule is CC(C)(Cc1cccc(CC(=O)NCc2cc(Cl)cc(Cl)c2)c1)NC[C@H](O)c1cc(O)cc(O)c1.